The molecule has 3 aliphatic heterocycles. The van der Waals surface area contributed by atoms with Gasteiger partial charge in [-0.25, -0.2) is 9.59 Å². The second kappa shape index (κ2) is 37.9. The van der Waals surface area contributed by atoms with Gasteiger partial charge in [0.2, 0.25) is 0 Å². The van der Waals surface area contributed by atoms with Gasteiger partial charge < -0.3 is 14.2 Å². The highest BCUT2D eigenvalue weighted by molar-refractivity contribution is 5.82. The first-order valence-electron chi connectivity index (χ1n) is 21.5. The van der Waals surface area contributed by atoms with Crippen LogP contribution in [0.5, 0.6) is 0 Å². The Morgan fingerprint density at radius 1 is 0.463 bits per heavy atom. The molecule has 5 nitrogen and oxygen atoms in total. The van der Waals surface area contributed by atoms with Gasteiger partial charge in [-0.1, -0.05) is 168 Å². The zero-order valence-corrected chi connectivity index (χ0v) is 34.4. The van der Waals surface area contributed by atoms with E-state index < -0.39 is 0 Å². The van der Waals surface area contributed by atoms with Gasteiger partial charge in [0.1, 0.15) is 0 Å². The maximum Gasteiger partial charge on any atom is 0.331 e. The zero-order chi connectivity index (χ0) is 39.0. The molecular formula is C49H76O5. The third kappa shape index (κ3) is 34.3. The van der Waals surface area contributed by atoms with Crippen LogP contribution in [0.25, 0.3) is 0 Å². The van der Waals surface area contributed by atoms with Gasteiger partial charge in [0.15, 0.2) is 0 Å². The topological polar surface area (TPSA) is 61.8 Å². The summed E-state index contributed by atoms with van der Waals surface area (Å²) in [4.78, 5) is 22.9. The van der Waals surface area contributed by atoms with Crippen molar-refractivity contribution in [2.75, 3.05) is 6.61 Å². The Balaban J connectivity index is 0.000000405. The Labute approximate surface area is 331 Å². The minimum absolute atomic E-state index is 0.0268. The molecule has 0 aromatic heterocycles. The minimum Gasteiger partial charge on any atom is -0.460 e. The average Bonchev–Trinajstić information content (AvgIpc) is 3.16. The van der Waals surface area contributed by atoms with Crippen molar-refractivity contribution in [2.24, 2.45) is 0 Å². The number of carbonyl (C=O) groups is 2. The van der Waals surface area contributed by atoms with Crippen LogP contribution < -0.4 is 0 Å². The van der Waals surface area contributed by atoms with Crippen LogP contribution in [-0.4, -0.2) is 36.9 Å². The molecule has 5 heteroatoms. The second-order valence-electron chi connectivity index (χ2n) is 14.5. The highest BCUT2D eigenvalue weighted by Crippen LogP contribution is 2.15. The molecule has 0 N–H and O–H groups in total. The Kier molecular flexibility index (Phi) is 34.1. The van der Waals surface area contributed by atoms with E-state index in [1.807, 2.05) is 50.3 Å². The van der Waals surface area contributed by atoms with Crippen molar-refractivity contribution >= 4 is 11.9 Å². The summed E-state index contributed by atoms with van der Waals surface area (Å²) in [5.41, 5.74) is 0. The molecule has 3 atom stereocenters. The third-order valence-corrected chi connectivity index (χ3v) is 9.29. The smallest absolute Gasteiger partial charge is 0.331 e. The molecule has 3 aliphatic rings. The SMILES string of the molecule is CC1CCCCCCC/C=C/C=C/C=C/C(=O)O1.CC1CCCCCCC/C=C/C=C/C=C/C(=O)O1.CCCC1CCCCCC/C=C/C=C/C=C/CO1. The largest absolute Gasteiger partial charge is 0.460 e. The van der Waals surface area contributed by atoms with Crippen molar-refractivity contribution in [3.63, 3.8) is 0 Å². The lowest BCUT2D eigenvalue weighted by atomic mass is 10.0. The number of cyclic esters (lactones) is 2. The quantitative estimate of drug-likeness (QED) is 0.264. The number of carbonyl (C=O) groups excluding carboxylic acids is 2. The fourth-order valence-corrected chi connectivity index (χ4v) is 6.17. The fraction of sp³-hybridized carbons (Fsp3) is 0.592. The predicted octanol–water partition coefficient (Wildman–Crippen LogP) is 13.9. The summed E-state index contributed by atoms with van der Waals surface area (Å²) in [5, 5.41) is 0. The average molecular weight is 745 g/mol. The van der Waals surface area contributed by atoms with E-state index >= 15 is 0 Å². The van der Waals surface area contributed by atoms with Gasteiger partial charge in [0, 0.05) is 12.2 Å². The van der Waals surface area contributed by atoms with Crippen LogP contribution in [0.15, 0.2) is 109 Å². The van der Waals surface area contributed by atoms with Gasteiger partial charge >= 0.3 is 11.9 Å². The Morgan fingerprint density at radius 2 is 0.833 bits per heavy atom. The monoisotopic (exact) mass is 745 g/mol. The molecule has 3 rings (SSSR count). The minimum atomic E-state index is -0.247. The maximum absolute atomic E-state index is 11.4. The molecule has 3 heterocycles. The number of ether oxygens (including phenoxy) is 3. The predicted molar refractivity (Wildman–Crippen MR) is 230 cm³/mol. The van der Waals surface area contributed by atoms with Crippen LogP contribution in [0, 0.1) is 0 Å². The summed E-state index contributed by atoms with van der Waals surface area (Å²) in [6.07, 6.45) is 62.6. The van der Waals surface area contributed by atoms with Crippen LogP contribution in [0.1, 0.15) is 162 Å². The zero-order valence-electron chi connectivity index (χ0n) is 34.4. The summed E-state index contributed by atoms with van der Waals surface area (Å²) in [6.45, 7) is 6.92. The van der Waals surface area contributed by atoms with E-state index in [2.05, 4.69) is 55.5 Å². The molecule has 0 aliphatic carbocycles. The molecule has 302 valence electrons. The number of hydrogen-bond donors (Lipinski definition) is 0. The third-order valence-electron chi connectivity index (χ3n) is 9.29. The molecule has 0 bridgehead atoms. The van der Waals surface area contributed by atoms with Crippen LogP contribution in [0.2, 0.25) is 0 Å². The molecule has 0 aromatic carbocycles. The van der Waals surface area contributed by atoms with Crippen molar-refractivity contribution in [3.8, 4) is 0 Å². The molecule has 0 fully saturated rings. The van der Waals surface area contributed by atoms with Crippen LogP contribution in [-0.2, 0) is 23.8 Å². The molecule has 3 unspecified atom stereocenters. The Bertz CT molecular complexity index is 1120. The lowest BCUT2D eigenvalue weighted by Crippen LogP contribution is -2.12. The molecule has 0 amide bonds. The normalized spacial score (nSPS) is 29.1. The van der Waals surface area contributed by atoms with Crippen LogP contribution >= 0.6 is 0 Å². The highest BCUT2D eigenvalue weighted by atomic mass is 16.5. The summed E-state index contributed by atoms with van der Waals surface area (Å²) in [7, 11) is 0. The molecule has 0 aromatic rings. The Hall–Kier alpha value is -3.44. The first kappa shape index (κ1) is 48.6. The second-order valence-corrected chi connectivity index (χ2v) is 14.5. The van der Waals surface area contributed by atoms with Gasteiger partial charge in [-0.05, 0) is 90.9 Å². The van der Waals surface area contributed by atoms with E-state index in [4.69, 9.17) is 14.2 Å². The van der Waals surface area contributed by atoms with Gasteiger partial charge in [-0.3, -0.25) is 0 Å². The molecule has 0 saturated carbocycles. The van der Waals surface area contributed by atoms with Gasteiger partial charge in [0.05, 0.1) is 24.9 Å². The molecule has 0 spiro atoms. The number of allylic oxidation sites excluding steroid dienone is 15. The number of hydrogen-bond acceptors (Lipinski definition) is 5. The molecule has 0 saturated heterocycles. The summed E-state index contributed by atoms with van der Waals surface area (Å²) >= 11 is 0. The van der Waals surface area contributed by atoms with Crippen molar-refractivity contribution in [3.05, 3.63) is 109 Å². The van der Waals surface area contributed by atoms with Crippen molar-refractivity contribution < 1.29 is 23.8 Å². The van der Waals surface area contributed by atoms with Crippen molar-refractivity contribution in [2.45, 2.75) is 180 Å². The van der Waals surface area contributed by atoms with E-state index in [0.29, 0.717) is 6.10 Å². The maximum atomic E-state index is 11.4. The van der Waals surface area contributed by atoms with E-state index in [9.17, 15) is 9.59 Å². The first-order valence-corrected chi connectivity index (χ1v) is 21.5. The van der Waals surface area contributed by atoms with Crippen LogP contribution in [0.4, 0.5) is 0 Å². The van der Waals surface area contributed by atoms with E-state index in [0.717, 1.165) is 45.1 Å². The summed E-state index contributed by atoms with van der Waals surface area (Å²) in [6, 6.07) is 0. The summed E-state index contributed by atoms with van der Waals surface area (Å²) in [5.74, 6) is -0.494. The van der Waals surface area contributed by atoms with Crippen LogP contribution in [0.3, 0.4) is 0 Å². The van der Waals surface area contributed by atoms with Crippen molar-refractivity contribution in [1.82, 2.24) is 0 Å². The van der Waals surface area contributed by atoms with Gasteiger partial charge in [-0.2, -0.15) is 0 Å². The van der Waals surface area contributed by atoms with E-state index in [-0.39, 0.29) is 24.1 Å². The van der Waals surface area contributed by atoms with Crippen molar-refractivity contribution in [1.29, 1.82) is 0 Å². The Morgan fingerprint density at radius 3 is 1.28 bits per heavy atom. The molecule has 54 heavy (non-hydrogen) atoms. The lowest BCUT2D eigenvalue weighted by Gasteiger charge is -2.16. The van der Waals surface area contributed by atoms with Gasteiger partial charge in [0.25, 0.3) is 0 Å². The highest BCUT2D eigenvalue weighted by Gasteiger charge is 2.08. The molecular weight excluding hydrogens is 669 g/mol. The fourth-order valence-electron chi connectivity index (χ4n) is 6.17. The van der Waals surface area contributed by atoms with Gasteiger partial charge in [-0.15, -0.1) is 0 Å². The van der Waals surface area contributed by atoms with E-state index in [1.54, 1.807) is 12.2 Å². The lowest BCUT2D eigenvalue weighted by molar-refractivity contribution is -0.143. The van der Waals surface area contributed by atoms with E-state index in [1.165, 1.54) is 115 Å². The molecule has 0 radical (unpaired) electrons. The number of esters is 2. The summed E-state index contributed by atoms with van der Waals surface area (Å²) < 4.78 is 16.5. The first-order chi connectivity index (χ1) is 26.5. The number of rotatable bonds is 2. The standard InChI is InChI=1S/C17H28O.2C16H24O2/c1-2-14-17-15-12-10-8-6-4-3-5-7-9-11-13-16-18-17;2*1-15-13-11-9-7-5-3-2-4-6-8-10-12-14-16(17)18-15/h3,5,7,9,11,13,17H,2,4,6,8,10,12,14-16H2,1H3;2*4,6,8,10,12,14-15H,2-3,5,7,9,11,13H2,1H3/b5-3+,9-7+,13-11+;2*6-4+,10-8+,14-12+.